The van der Waals surface area contributed by atoms with Gasteiger partial charge in [0.1, 0.15) is 0 Å². The molecule has 0 saturated heterocycles. The van der Waals surface area contributed by atoms with Crippen molar-refractivity contribution in [1.82, 2.24) is 4.90 Å². The fraction of sp³-hybridized carbons (Fsp3) is 0.800. The van der Waals surface area contributed by atoms with E-state index in [1.807, 2.05) is 13.8 Å². The number of rotatable bonds is 5. The van der Waals surface area contributed by atoms with Crippen LogP contribution in [0.3, 0.4) is 0 Å². The third kappa shape index (κ3) is 4.57. The van der Waals surface area contributed by atoms with E-state index in [0.29, 0.717) is 6.54 Å². The number of likely N-dealkylation sites (N-methyl/N-ethyl adjacent to an activating group) is 1. The molecule has 0 aromatic rings. The summed E-state index contributed by atoms with van der Waals surface area (Å²) in [6.07, 6.45) is -0.543. The van der Waals surface area contributed by atoms with Gasteiger partial charge in [-0.15, -0.1) is 0 Å². The summed E-state index contributed by atoms with van der Waals surface area (Å²) in [4.78, 5) is 13.6. The van der Waals surface area contributed by atoms with Crippen LogP contribution in [0, 0.1) is 11.8 Å². The van der Waals surface area contributed by atoms with Gasteiger partial charge in [0.15, 0.2) is 0 Å². The molecule has 3 N–H and O–H groups in total. The summed E-state index contributed by atoms with van der Waals surface area (Å²) in [6, 6.07) is 0. The van der Waals surface area contributed by atoms with Gasteiger partial charge in [0.05, 0.1) is 17.0 Å². The summed E-state index contributed by atoms with van der Waals surface area (Å²) in [7, 11) is 1.64. The van der Waals surface area contributed by atoms with Gasteiger partial charge in [-0.1, -0.05) is 26.1 Å². The highest BCUT2D eigenvalue weighted by Crippen LogP contribution is 2.14. The average molecular weight is 232 g/mol. The molecular weight excluding hydrogens is 212 g/mol. The Balaban J connectivity index is 4.57. The lowest BCUT2D eigenvalue weighted by molar-refractivity contribution is -0.134. The molecule has 88 valence electrons. The lowest BCUT2D eigenvalue weighted by Crippen LogP contribution is -2.43. The van der Waals surface area contributed by atoms with E-state index < -0.39 is 12.0 Å². The number of carbonyl (C=O) groups is 1. The van der Waals surface area contributed by atoms with E-state index in [-0.39, 0.29) is 16.8 Å². The Morgan fingerprint density at radius 1 is 1.47 bits per heavy atom. The average Bonchev–Trinajstić information content (AvgIpc) is 2.00. The molecule has 0 aromatic heterocycles. The summed E-state index contributed by atoms with van der Waals surface area (Å²) in [6.45, 7) is 5.73. The normalized spacial score (nSPS) is 14.8. The maximum Gasteiger partial charge on any atom is 0.232 e. The van der Waals surface area contributed by atoms with Crippen molar-refractivity contribution in [3.8, 4) is 0 Å². The van der Waals surface area contributed by atoms with E-state index in [9.17, 15) is 9.90 Å². The number of amides is 1. The Hall–Kier alpha value is -0.680. The Kier molecular flexibility index (Phi) is 5.75. The first-order valence-corrected chi connectivity index (χ1v) is 5.40. The molecule has 0 spiro atoms. The number of nitrogens with zero attached hydrogens (tertiary/aromatic N) is 1. The van der Waals surface area contributed by atoms with Crippen LogP contribution in [0.15, 0.2) is 0 Å². The van der Waals surface area contributed by atoms with Crippen LogP contribution >= 0.6 is 12.2 Å². The van der Waals surface area contributed by atoms with Crippen LogP contribution in [0.2, 0.25) is 0 Å². The third-order valence-electron chi connectivity index (χ3n) is 2.15. The Labute approximate surface area is 96.4 Å². The Morgan fingerprint density at radius 3 is 2.20 bits per heavy atom. The monoisotopic (exact) mass is 232 g/mol. The Bertz CT molecular complexity index is 242. The van der Waals surface area contributed by atoms with Crippen LogP contribution in [0.4, 0.5) is 0 Å². The fourth-order valence-electron chi connectivity index (χ4n) is 1.46. The lowest BCUT2D eigenvalue weighted by atomic mass is 9.94. The molecule has 0 aromatic carbocycles. The molecule has 5 heteroatoms. The summed E-state index contributed by atoms with van der Waals surface area (Å²) in [5.41, 5.74) is 5.53. The van der Waals surface area contributed by atoms with Crippen molar-refractivity contribution in [3.63, 3.8) is 0 Å². The second-order valence-electron chi connectivity index (χ2n) is 4.19. The number of hydrogen-bond donors (Lipinski definition) is 2. The lowest BCUT2D eigenvalue weighted by Gasteiger charge is -2.26. The second kappa shape index (κ2) is 6.02. The Morgan fingerprint density at radius 2 is 1.93 bits per heavy atom. The highest BCUT2D eigenvalue weighted by molar-refractivity contribution is 7.80. The fourth-order valence-corrected chi connectivity index (χ4v) is 1.83. The van der Waals surface area contributed by atoms with Crippen LogP contribution < -0.4 is 5.73 Å². The third-order valence-corrected chi connectivity index (χ3v) is 2.41. The van der Waals surface area contributed by atoms with Gasteiger partial charge < -0.3 is 15.7 Å². The molecule has 0 rings (SSSR count). The molecule has 0 saturated carbocycles. The molecule has 0 heterocycles. The van der Waals surface area contributed by atoms with Crippen LogP contribution in [0.25, 0.3) is 0 Å². The van der Waals surface area contributed by atoms with E-state index in [4.69, 9.17) is 18.0 Å². The number of aliphatic hydroxyl groups excluding tert-OH is 1. The first-order valence-electron chi connectivity index (χ1n) is 4.99. The molecule has 1 amide bonds. The number of aliphatic hydroxyl groups is 1. The van der Waals surface area contributed by atoms with E-state index in [0.717, 1.165) is 0 Å². The topological polar surface area (TPSA) is 66.6 Å². The summed E-state index contributed by atoms with van der Waals surface area (Å²) >= 11 is 4.87. The van der Waals surface area contributed by atoms with Crippen molar-refractivity contribution in [2.24, 2.45) is 17.6 Å². The van der Waals surface area contributed by atoms with Crippen molar-refractivity contribution >= 4 is 23.1 Å². The van der Waals surface area contributed by atoms with Crippen molar-refractivity contribution in [3.05, 3.63) is 0 Å². The van der Waals surface area contributed by atoms with Crippen molar-refractivity contribution in [1.29, 1.82) is 0 Å². The molecular formula is C10H20N2O2S. The van der Waals surface area contributed by atoms with E-state index in [1.54, 1.807) is 14.0 Å². The number of hydrogen-bond acceptors (Lipinski definition) is 3. The molecule has 0 aliphatic carbocycles. The van der Waals surface area contributed by atoms with Crippen molar-refractivity contribution < 1.29 is 9.90 Å². The first kappa shape index (κ1) is 14.3. The minimum absolute atomic E-state index is 0.0754. The minimum atomic E-state index is -0.543. The quantitative estimate of drug-likeness (QED) is 0.673. The molecule has 0 bridgehead atoms. The van der Waals surface area contributed by atoms with Crippen LogP contribution in [-0.4, -0.2) is 40.6 Å². The van der Waals surface area contributed by atoms with Gasteiger partial charge in [-0.05, 0) is 12.8 Å². The van der Waals surface area contributed by atoms with Crippen molar-refractivity contribution in [2.45, 2.75) is 26.9 Å². The largest absolute Gasteiger partial charge is 0.393 e. The number of carbonyl (C=O) groups excluding carboxylic acids is 1. The predicted octanol–water partition coefficient (Wildman–Crippen LogP) is 0.384. The molecule has 2 atom stereocenters. The molecule has 0 radical (unpaired) electrons. The van der Waals surface area contributed by atoms with E-state index in [1.165, 1.54) is 4.90 Å². The van der Waals surface area contributed by atoms with Gasteiger partial charge >= 0.3 is 0 Å². The smallest absolute Gasteiger partial charge is 0.232 e. The number of thiocarbonyl (C=S) groups is 1. The van der Waals surface area contributed by atoms with Gasteiger partial charge in [0, 0.05) is 13.6 Å². The molecule has 15 heavy (non-hydrogen) atoms. The van der Waals surface area contributed by atoms with Crippen LogP contribution in [-0.2, 0) is 4.79 Å². The minimum Gasteiger partial charge on any atom is -0.393 e. The predicted molar refractivity (Wildman–Crippen MR) is 64.4 cm³/mol. The van der Waals surface area contributed by atoms with Gasteiger partial charge in [0.25, 0.3) is 0 Å². The zero-order chi connectivity index (χ0) is 12.2. The summed E-state index contributed by atoms with van der Waals surface area (Å²) in [5, 5.41) is 9.17. The molecule has 0 aliphatic heterocycles. The van der Waals surface area contributed by atoms with Crippen LogP contribution in [0.5, 0.6) is 0 Å². The summed E-state index contributed by atoms with van der Waals surface area (Å²) < 4.78 is 0. The molecule has 2 unspecified atom stereocenters. The summed E-state index contributed by atoms with van der Waals surface area (Å²) in [5.74, 6) is -0.492. The van der Waals surface area contributed by atoms with Gasteiger partial charge in [-0.3, -0.25) is 4.79 Å². The zero-order valence-corrected chi connectivity index (χ0v) is 10.5. The van der Waals surface area contributed by atoms with Gasteiger partial charge in [-0.2, -0.15) is 0 Å². The maximum atomic E-state index is 11.9. The van der Waals surface area contributed by atoms with Gasteiger partial charge in [-0.25, -0.2) is 0 Å². The zero-order valence-electron chi connectivity index (χ0n) is 9.73. The highest BCUT2D eigenvalue weighted by atomic mass is 32.1. The number of nitrogens with two attached hydrogens (primary N) is 1. The highest BCUT2D eigenvalue weighted by Gasteiger charge is 2.27. The molecule has 4 nitrogen and oxygen atoms in total. The van der Waals surface area contributed by atoms with Gasteiger partial charge in [0.2, 0.25) is 5.91 Å². The standard InChI is InChI=1S/C10H20N2O2S/c1-6(2)8(9(11)15)10(14)12(4)5-7(3)13/h6-8,13H,5H2,1-4H3,(H2,11,15). The maximum absolute atomic E-state index is 11.9. The van der Waals surface area contributed by atoms with E-state index >= 15 is 0 Å². The van der Waals surface area contributed by atoms with E-state index in [2.05, 4.69) is 0 Å². The molecule has 0 fully saturated rings. The molecule has 0 aliphatic rings. The van der Waals surface area contributed by atoms with Crippen LogP contribution in [0.1, 0.15) is 20.8 Å². The second-order valence-corrected chi connectivity index (χ2v) is 4.66. The SMILES string of the molecule is CC(O)CN(C)C(=O)C(C(N)=S)C(C)C. The first-order chi connectivity index (χ1) is 6.77. The van der Waals surface area contributed by atoms with Crippen molar-refractivity contribution in [2.75, 3.05) is 13.6 Å².